The number of methoxy groups -OCH3 is 2. The predicted octanol–water partition coefficient (Wildman–Crippen LogP) is 7.69. The van der Waals surface area contributed by atoms with E-state index in [2.05, 4.69) is 30.4 Å². The lowest BCUT2D eigenvalue weighted by Crippen LogP contribution is -2.52. The molecule has 0 aromatic heterocycles. The Labute approximate surface area is 262 Å². The van der Waals surface area contributed by atoms with Gasteiger partial charge in [-0.1, -0.05) is 42.3 Å². The number of hydrogen-bond acceptors (Lipinski definition) is 7. The third kappa shape index (κ3) is 5.73. The zero-order valence-corrected chi connectivity index (χ0v) is 26.0. The van der Waals surface area contributed by atoms with Crippen molar-refractivity contribution in [3.05, 3.63) is 87.7 Å². The van der Waals surface area contributed by atoms with E-state index < -0.39 is 11.4 Å². The van der Waals surface area contributed by atoms with Gasteiger partial charge in [-0.25, -0.2) is 9.18 Å². The number of allylic oxidation sites excluding steroid dienone is 1. The summed E-state index contributed by atoms with van der Waals surface area (Å²) in [5.74, 6) is 1.73. The van der Waals surface area contributed by atoms with E-state index >= 15 is 0 Å². The molecule has 1 aliphatic heterocycles. The molecule has 0 saturated heterocycles. The van der Waals surface area contributed by atoms with Gasteiger partial charge in [-0.15, -0.1) is 0 Å². The molecular formula is C35H37ClFNO6. The molecule has 232 valence electrons. The molecule has 2 aliphatic carbocycles. The van der Waals surface area contributed by atoms with Crippen molar-refractivity contribution in [2.75, 3.05) is 32.9 Å². The van der Waals surface area contributed by atoms with Gasteiger partial charge in [0.25, 0.3) is 0 Å². The van der Waals surface area contributed by atoms with Gasteiger partial charge < -0.3 is 29.0 Å². The average molecular weight is 622 g/mol. The van der Waals surface area contributed by atoms with Gasteiger partial charge in [-0.05, 0) is 97.2 Å². The maximum absolute atomic E-state index is 13.9. The van der Waals surface area contributed by atoms with E-state index in [0.717, 1.165) is 34.8 Å². The number of hydrogen-bond donors (Lipinski definition) is 1. The molecule has 1 spiro atoms. The number of halogens is 2. The maximum atomic E-state index is 13.9. The van der Waals surface area contributed by atoms with Crippen LogP contribution in [0.1, 0.15) is 55.7 Å². The lowest BCUT2D eigenvalue weighted by atomic mass is 9.61. The zero-order chi connectivity index (χ0) is 30.9. The van der Waals surface area contributed by atoms with Crippen molar-refractivity contribution >= 4 is 29.3 Å². The number of carbonyl (C=O) groups is 1. The van der Waals surface area contributed by atoms with Crippen LogP contribution in [0.25, 0.3) is 6.08 Å². The molecule has 1 heterocycles. The Morgan fingerprint density at radius 1 is 1.02 bits per heavy atom. The van der Waals surface area contributed by atoms with Gasteiger partial charge >= 0.3 is 5.97 Å². The van der Waals surface area contributed by atoms with Crippen LogP contribution >= 0.6 is 11.6 Å². The molecule has 1 N–H and O–H groups in total. The van der Waals surface area contributed by atoms with E-state index in [1.807, 2.05) is 24.3 Å². The van der Waals surface area contributed by atoms with Crippen LogP contribution in [0.2, 0.25) is 5.02 Å². The minimum Gasteiger partial charge on any atom is -0.497 e. The monoisotopic (exact) mass is 621 g/mol. The van der Waals surface area contributed by atoms with E-state index in [1.165, 1.54) is 30.4 Å². The smallest absolute Gasteiger partial charge is 0.331 e. The van der Waals surface area contributed by atoms with Crippen LogP contribution < -0.4 is 19.5 Å². The van der Waals surface area contributed by atoms with E-state index in [1.54, 1.807) is 13.2 Å². The summed E-state index contributed by atoms with van der Waals surface area (Å²) in [7, 11) is 3.06. The largest absolute Gasteiger partial charge is 0.497 e. The minimum atomic E-state index is -0.974. The van der Waals surface area contributed by atoms with Crippen molar-refractivity contribution in [3.8, 4) is 17.2 Å². The van der Waals surface area contributed by atoms with Crippen molar-refractivity contribution in [1.29, 1.82) is 0 Å². The number of esters is 1. The predicted molar refractivity (Wildman–Crippen MR) is 167 cm³/mol. The van der Waals surface area contributed by atoms with Crippen LogP contribution in [-0.4, -0.2) is 39.1 Å². The molecule has 9 heteroatoms. The summed E-state index contributed by atoms with van der Waals surface area (Å²) in [5, 5.41) is 3.37. The fourth-order valence-corrected chi connectivity index (χ4v) is 7.08. The van der Waals surface area contributed by atoms with Crippen LogP contribution in [-0.2, 0) is 26.3 Å². The van der Waals surface area contributed by atoms with E-state index in [9.17, 15) is 9.18 Å². The molecule has 6 rings (SSSR count). The van der Waals surface area contributed by atoms with E-state index in [4.69, 9.17) is 35.3 Å². The second kappa shape index (κ2) is 12.3. The average Bonchev–Trinajstić information content (AvgIpc) is 3.60. The molecule has 0 radical (unpaired) electrons. The third-order valence-corrected chi connectivity index (χ3v) is 9.53. The lowest BCUT2D eigenvalue weighted by Gasteiger charge is -2.46. The Kier molecular flexibility index (Phi) is 8.49. The molecular weight excluding hydrogens is 585 g/mol. The van der Waals surface area contributed by atoms with Crippen LogP contribution in [0.15, 0.2) is 60.2 Å². The standard InChI is InChI=1S/C35H37ClFNO6/c1-22(19-42-20-23-4-7-27(40-2)8-5-23)14-25-15-24-16-31-32(44-21-43-31)18-28(24)34(25)10-12-35(13-11-34,33(39)41-3)38-26-6-9-30(37)29(36)17-26/h4-9,15-18,22,38H,10-14,19-21H2,1-3H3/t22-,34?,35?/m1/s1. The van der Waals surface area contributed by atoms with E-state index in [-0.39, 0.29) is 29.1 Å². The fourth-order valence-electron chi connectivity index (χ4n) is 6.90. The highest BCUT2D eigenvalue weighted by Crippen LogP contribution is 2.57. The van der Waals surface area contributed by atoms with Crippen LogP contribution in [0, 0.1) is 11.7 Å². The molecule has 0 amide bonds. The van der Waals surface area contributed by atoms with Gasteiger partial charge in [-0.2, -0.15) is 0 Å². The van der Waals surface area contributed by atoms with Gasteiger partial charge in [0.05, 0.1) is 25.8 Å². The van der Waals surface area contributed by atoms with Gasteiger partial charge in [0.2, 0.25) is 6.79 Å². The van der Waals surface area contributed by atoms with E-state index in [0.29, 0.717) is 44.6 Å². The fraction of sp³-hybridized carbons (Fsp3) is 0.400. The number of carbonyl (C=O) groups excluding carboxylic acids is 1. The number of rotatable bonds is 10. The first-order chi connectivity index (χ1) is 21.2. The number of fused-ring (bicyclic) bond motifs is 3. The molecule has 1 fully saturated rings. The first-order valence-electron chi connectivity index (χ1n) is 14.9. The molecule has 3 aromatic rings. The van der Waals surface area contributed by atoms with Crippen molar-refractivity contribution < 1.29 is 32.9 Å². The summed E-state index contributed by atoms with van der Waals surface area (Å²) in [6.45, 7) is 3.55. The molecule has 0 unspecified atom stereocenters. The Morgan fingerprint density at radius 2 is 1.75 bits per heavy atom. The topological polar surface area (TPSA) is 75.3 Å². The normalized spacial score (nSPS) is 22.3. The van der Waals surface area contributed by atoms with Crippen molar-refractivity contribution in [1.82, 2.24) is 0 Å². The first-order valence-corrected chi connectivity index (χ1v) is 15.3. The highest BCUT2D eigenvalue weighted by Gasteiger charge is 2.52. The Morgan fingerprint density at radius 3 is 2.43 bits per heavy atom. The second-order valence-electron chi connectivity index (χ2n) is 12.0. The van der Waals surface area contributed by atoms with Crippen LogP contribution in [0.5, 0.6) is 17.2 Å². The van der Waals surface area contributed by atoms with Gasteiger partial charge in [0.1, 0.15) is 17.1 Å². The highest BCUT2D eigenvalue weighted by atomic mass is 35.5. The van der Waals surface area contributed by atoms with Crippen LogP contribution in [0.4, 0.5) is 10.1 Å². The van der Waals surface area contributed by atoms with Crippen LogP contribution in [0.3, 0.4) is 0 Å². The number of anilines is 1. The summed E-state index contributed by atoms with van der Waals surface area (Å²) >= 11 is 6.07. The van der Waals surface area contributed by atoms with Gasteiger partial charge in [-0.3, -0.25) is 0 Å². The van der Waals surface area contributed by atoms with Gasteiger partial charge in [0, 0.05) is 17.7 Å². The quantitative estimate of drug-likeness (QED) is 0.233. The molecule has 3 aliphatic rings. The molecule has 0 bridgehead atoms. The first kappa shape index (κ1) is 30.3. The second-order valence-corrected chi connectivity index (χ2v) is 12.5. The Balaban J connectivity index is 1.22. The third-order valence-electron chi connectivity index (χ3n) is 9.24. The Bertz CT molecular complexity index is 1560. The van der Waals surface area contributed by atoms with Gasteiger partial charge in [0.15, 0.2) is 11.5 Å². The number of ether oxygens (including phenoxy) is 5. The summed E-state index contributed by atoms with van der Waals surface area (Å²) in [6, 6.07) is 16.5. The molecule has 1 atom stereocenters. The summed E-state index contributed by atoms with van der Waals surface area (Å²) in [4.78, 5) is 13.3. The number of nitrogens with one attached hydrogen (secondary N) is 1. The summed E-state index contributed by atoms with van der Waals surface area (Å²) in [5.41, 5.74) is 4.06. The number of benzene rings is 3. The molecule has 1 saturated carbocycles. The molecule has 44 heavy (non-hydrogen) atoms. The zero-order valence-electron chi connectivity index (χ0n) is 25.2. The van der Waals surface area contributed by atoms with Crippen molar-refractivity contribution in [3.63, 3.8) is 0 Å². The maximum Gasteiger partial charge on any atom is 0.331 e. The summed E-state index contributed by atoms with van der Waals surface area (Å²) < 4.78 is 42.0. The highest BCUT2D eigenvalue weighted by molar-refractivity contribution is 6.31. The minimum absolute atomic E-state index is 0.00323. The van der Waals surface area contributed by atoms with Crippen molar-refractivity contribution in [2.24, 2.45) is 5.92 Å². The van der Waals surface area contributed by atoms with Crippen molar-refractivity contribution in [2.45, 2.75) is 56.6 Å². The molecule has 7 nitrogen and oxygen atoms in total. The molecule has 3 aromatic carbocycles. The SMILES string of the molecule is COC(=O)C1(Nc2ccc(F)c(Cl)c2)CCC2(CC1)C(C[C@@H](C)COCc1ccc(OC)cc1)=Cc1cc3c(cc12)OCO3. The Hall–Kier alpha value is -3.75. The lowest BCUT2D eigenvalue weighted by molar-refractivity contribution is -0.147. The summed E-state index contributed by atoms with van der Waals surface area (Å²) in [6.07, 6.45) is 5.58.